The van der Waals surface area contributed by atoms with E-state index in [9.17, 15) is 14.3 Å². The molecular formula is C30H28FNO2. The highest BCUT2D eigenvalue weighted by Crippen LogP contribution is 2.36. The van der Waals surface area contributed by atoms with Crippen LogP contribution in [0.1, 0.15) is 42.1 Å². The molecule has 0 aromatic heterocycles. The van der Waals surface area contributed by atoms with Gasteiger partial charge in [-0.1, -0.05) is 91.0 Å². The van der Waals surface area contributed by atoms with Gasteiger partial charge >= 0.3 is 5.97 Å². The maximum absolute atomic E-state index is 13.9. The van der Waals surface area contributed by atoms with Crippen LogP contribution in [0.15, 0.2) is 109 Å². The number of hydrogen-bond acceptors (Lipinski definition) is 2. The fourth-order valence-electron chi connectivity index (χ4n) is 4.42. The van der Waals surface area contributed by atoms with Crippen molar-refractivity contribution >= 4 is 5.97 Å². The van der Waals surface area contributed by atoms with Crippen molar-refractivity contribution in [2.75, 3.05) is 0 Å². The summed E-state index contributed by atoms with van der Waals surface area (Å²) in [5.74, 6) is -1.16. The van der Waals surface area contributed by atoms with Gasteiger partial charge in [0.05, 0.1) is 6.42 Å². The zero-order chi connectivity index (χ0) is 23.9. The van der Waals surface area contributed by atoms with E-state index in [4.69, 9.17) is 0 Å². The molecule has 0 bridgehead atoms. The van der Waals surface area contributed by atoms with Crippen LogP contribution in [0.25, 0.3) is 11.1 Å². The maximum Gasteiger partial charge on any atom is 0.305 e. The molecule has 4 aromatic carbocycles. The SMILES string of the molecule is CC(c1ccccc1)N(Cc1ccccc1)C(CC(=O)O)c1cccc(-c2cccc(F)c2)c1. The van der Waals surface area contributed by atoms with E-state index in [1.54, 1.807) is 6.07 Å². The number of carbonyl (C=O) groups is 1. The molecule has 2 atom stereocenters. The third kappa shape index (κ3) is 5.77. The normalized spacial score (nSPS) is 12.9. The lowest BCUT2D eigenvalue weighted by atomic mass is 9.94. The molecule has 3 nitrogen and oxygen atoms in total. The van der Waals surface area contributed by atoms with Crippen LogP contribution in [0, 0.1) is 5.82 Å². The van der Waals surface area contributed by atoms with E-state index >= 15 is 0 Å². The number of hydrogen-bond donors (Lipinski definition) is 1. The van der Waals surface area contributed by atoms with Gasteiger partial charge in [0, 0.05) is 18.6 Å². The van der Waals surface area contributed by atoms with Crippen molar-refractivity contribution in [2.45, 2.75) is 32.0 Å². The van der Waals surface area contributed by atoms with E-state index in [0.29, 0.717) is 6.54 Å². The Balaban J connectivity index is 1.78. The van der Waals surface area contributed by atoms with E-state index in [0.717, 1.165) is 27.8 Å². The molecule has 0 saturated carbocycles. The number of carboxylic acid groups (broad SMARTS) is 1. The lowest BCUT2D eigenvalue weighted by molar-refractivity contribution is -0.138. The molecule has 4 aromatic rings. The lowest BCUT2D eigenvalue weighted by Crippen LogP contribution is -2.32. The molecule has 34 heavy (non-hydrogen) atoms. The van der Waals surface area contributed by atoms with Crippen LogP contribution in [0.3, 0.4) is 0 Å². The highest BCUT2D eigenvalue weighted by molar-refractivity contribution is 5.69. The largest absolute Gasteiger partial charge is 0.481 e. The fourth-order valence-corrected chi connectivity index (χ4v) is 4.42. The fraction of sp³-hybridized carbons (Fsp3) is 0.167. The van der Waals surface area contributed by atoms with Gasteiger partial charge in [0.1, 0.15) is 5.82 Å². The van der Waals surface area contributed by atoms with E-state index in [1.807, 2.05) is 66.7 Å². The number of aliphatic carboxylic acids is 1. The third-order valence-electron chi connectivity index (χ3n) is 6.19. The van der Waals surface area contributed by atoms with Gasteiger partial charge in [-0.05, 0) is 52.9 Å². The van der Waals surface area contributed by atoms with Crippen molar-refractivity contribution in [1.82, 2.24) is 4.90 Å². The van der Waals surface area contributed by atoms with Crippen molar-refractivity contribution in [3.63, 3.8) is 0 Å². The Hall–Kier alpha value is -3.76. The quantitative estimate of drug-likeness (QED) is 0.290. The van der Waals surface area contributed by atoms with Crippen molar-refractivity contribution in [3.8, 4) is 11.1 Å². The summed E-state index contributed by atoms with van der Waals surface area (Å²) < 4.78 is 13.9. The van der Waals surface area contributed by atoms with Crippen LogP contribution < -0.4 is 0 Å². The molecule has 172 valence electrons. The van der Waals surface area contributed by atoms with E-state index < -0.39 is 5.97 Å². The van der Waals surface area contributed by atoms with Gasteiger partial charge in [-0.15, -0.1) is 0 Å². The summed E-state index contributed by atoms with van der Waals surface area (Å²) in [7, 11) is 0. The van der Waals surface area contributed by atoms with Gasteiger partial charge in [0.2, 0.25) is 0 Å². The minimum absolute atomic E-state index is 0.0245. The van der Waals surface area contributed by atoms with Gasteiger partial charge in [-0.3, -0.25) is 9.69 Å². The minimum atomic E-state index is -0.862. The minimum Gasteiger partial charge on any atom is -0.481 e. The Labute approximate surface area is 200 Å². The van der Waals surface area contributed by atoms with Crippen LogP contribution in [0.2, 0.25) is 0 Å². The summed E-state index contributed by atoms with van der Waals surface area (Å²) in [5, 5.41) is 9.86. The number of carboxylic acids is 1. The summed E-state index contributed by atoms with van der Waals surface area (Å²) in [6.07, 6.45) is -0.0450. The van der Waals surface area contributed by atoms with E-state index in [-0.39, 0.29) is 24.3 Å². The number of nitrogens with zero attached hydrogens (tertiary/aromatic N) is 1. The Morgan fingerprint density at radius 2 is 1.38 bits per heavy atom. The molecule has 4 heteroatoms. The molecule has 0 amide bonds. The topological polar surface area (TPSA) is 40.5 Å². The van der Waals surface area contributed by atoms with Crippen LogP contribution in [-0.2, 0) is 11.3 Å². The van der Waals surface area contributed by atoms with Crippen LogP contribution in [-0.4, -0.2) is 16.0 Å². The lowest BCUT2D eigenvalue weighted by Gasteiger charge is -2.37. The Morgan fingerprint density at radius 3 is 2.03 bits per heavy atom. The first kappa shape index (κ1) is 23.4. The first-order valence-corrected chi connectivity index (χ1v) is 11.4. The zero-order valence-corrected chi connectivity index (χ0v) is 19.1. The summed E-state index contributed by atoms with van der Waals surface area (Å²) in [6, 6.07) is 34.1. The second-order valence-electron chi connectivity index (χ2n) is 8.49. The van der Waals surface area contributed by atoms with Crippen LogP contribution in [0.4, 0.5) is 4.39 Å². The molecule has 1 N–H and O–H groups in total. The number of halogens is 1. The summed E-state index contributed by atoms with van der Waals surface area (Å²) >= 11 is 0. The van der Waals surface area contributed by atoms with Gasteiger partial charge < -0.3 is 5.11 Å². The molecule has 0 heterocycles. The second-order valence-corrected chi connectivity index (χ2v) is 8.49. The molecule has 0 radical (unpaired) electrons. The van der Waals surface area contributed by atoms with Crippen molar-refractivity contribution in [3.05, 3.63) is 132 Å². The molecule has 4 rings (SSSR count). The number of rotatable bonds is 9. The highest BCUT2D eigenvalue weighted by atomic mass is 19.1. The zero-order valence-electron chi connectivity index (χ0n) is 19.1. The Bertz CT molecular complexity index is 1230. The summed E-state index contributed by atoms with van der Waals surface area (Å²) in [4.78, 5) is 14.3. The number of benzene rings is 4. The third-order valence-corrected chi connectivity index (χ3v) is 6.19. The van der Waals surface area contributed by atoms with Gasteiger partial charge in [-0.25, -0.2) is 4.39 Å². The Kier molecular flexibility index (Phi) is 7.51. The molecule has 0 fully saturated rings. The maximum atomic E-state index is 13.9. The molecule has 0 aliphatic carbocycles. The molecule has 0 aliphatic heterocycles. The highest BCUT2D eigenvalue weighted by Gasteiger charge is 2.28. The predicted octanol–water partition coefficient (Wildman–Crippen LogP) is 7.27. The van der Waals surface area contributed by atoms with Gasteiger partial charge in [0.15, 0.2) is 0 Å². The van der Waals surface area contributed by atoms with Crippen LogP contribution >= 0.6 is 0 Å². The first-order valence-electron chi connectivity index (χ1n) is 11.4. The van der Waals surface area contributed by atoms with Crippen molar-refractivity contribution in [2.24, 2.45) is 0 Å². The summed E-state index contributed by atoms with van der Waals surface area (Å²) in [6.45, 7) is 2.71. The first-order chi connectivity index (χ1) is 16.5. The van der Waals surface area contributed by atoms with Crippen LogP contribution in [0.5, 0.6) is 0 Å². The molecule has 2 unspecified atom stereocenters. The molecule has 0 saturated heterocycles. The monoisotopic (exact) mass is 453 g/mol. The average molecular weight is 454 g/mol. The molecule has 0 spiro atoms. The second kappa shape index (κ2) is 10.9. The summed E-state index contributed by atoms with van der Waals surface area (Å²) in [5.41, 5.74) is 4.75. The molecular weight excluding hydrogens is 425 g/mol. The predicted molar refractivity (Wildman–Crippen MR) is 134 cm³/mol. The standard InChI is InChI=1S/C30H28FNO2/c1-22(24-12-6-3-7-13-24)32(21-23-10-4-2-5-11-23)29(20-30(33)34)27-16-8-14-25(18-27)26-15-9-17-28(31)19-26/h2-19,22,29H,20-21H2,1H3,(H,33,34). The van der Waals surface area contributed by atoms with Crippen molar-refractivity contribution in [1.29, 1.82) is 0 Å². The van der Waals surface area contributed by atoms with Gasteiger partial charge in [0.25, 0.3) is 0 Å². The molecule has 0 aliphatic rings. The Morgan fingerprint density at radius 1 is 0.794 bits per heavy atom. The van der Waals surface area contributed by atoms with E-state index in [2.05, 4.69) is 36.1 Å². The average Bonchev–Trinajstić information content (AvgIpc) is 2.87. The van der Waals surface area contributed by atoms with Gasteiger partial charge in [-0.2, -0.15) is 0 Å². The van der Waals surface area contributed by atoms with Crippen molar-refractivity contribution < 1.29 is 14.3 Å². The smallest absolute Gasteiger partial charge is 0.305 e. The van der Waals surface area contributed by atoms with E-state index in [1.165, 1.54) is 12.1 Å².